The lowest BCUT2D eigenvalue weighted by molar-refractivity contribution is -0.121. The predicted molar refractivity (Wildman–Crippen MR) is 130 cm³/mol. The maximum atomic E-state index is 13.4. The number of amides is 1. The Morgan fingerprint density at radius 2 is 1.69 bits per heavy atom. The normalized spacial score (nSPS) is 13.0. The van der Waals surface area contributed by atoms with Crippen LogP contribution in [-0.2, 0) is 11.2 Å². The number of nitrogens with one attached hydrogen (secondary N) is 1. The molecular weight excluding hydrogens is 466 g/mol. The van der Waals surface area contributed by atoms with Crippen LogP contribution in [0.15, 0.2) is 70.1 Å². The van der Waals surface area contributed by atoms with Gasteiger partial charge in [-0.15, -0.1) is 0 Å². The van der Waals surface area contributed by atoms with Gasteiger partial charge in [0.05, 0.1) is 11.6 Å². The van der Waals surface area contributed by atoms with E-state index in [4.69, 9.17) is 13.9 Å². The minimum Gasteiger partial charge on any atom is -0.508 e. The number of benzene rings is 3. The van der Waals surface area contributed by atoms with Crippen molar-refractivity contribution >= 4 is 16.9 Å². The Bertz CT molecular complexity index is 1510. The van der Waals surface area contributed by atoms with Crippen molar-refractivity contribution in [3.8, 4) is 28.7 Å². The predicted octanol–water partition coefficient (Wildman–Crippen LogP) is 3.52. The number of rotatable bonds is 7. The van der Waals surface area contributed by atoms with Crippen LogP contribution in [0, 0.1) is 0 Å². The Morgan fingerprint density at radius 1 is 0.917 bits per heavy atom. The van der Waals surface area contributed by atoms with Gasteiger partial charge in [-0.05, 0) is 42.3 Å². The summed E-state index contributed by atoms with van der Waals surface area (Å²) in [5.41, 5.74) is 1.40. The zero-order valence-corrected chi connectivity index (χ0v) is 19.1. The number of hydrogen-bond donors (Lipinski definition) is 4. The third-order valence-corrected chi connectivity index (χ3v) is 6.14. The van der Waals surface area contributed by atoms with Crippen LogP contribution < -0.4 is 20.2 Å². The monoisotopic (exact) mass is 489 g/mol. The first kappa shape index (κ1) is 23.1. The molecule has 0 saturated carbocycles. The van der Waals surface area contributed by atoms with Crippen LogP contribution in [0.4, 0.5) is 0 Å². The van der Waals surface area contributed by atoms with Gasteiger partial charge in [0.2, 0.25) is 12.7 Å². The van der Waals surface area contributed by atoms with Crippen molar-refractivity contribution in [2.24, 2.45) is 0 Å². The summed E-state index contributed by atoms with van der Waals surface area (Å²) in [5, 5.41) is 33.0. The highest BCUT2D eigenvalue weighted by Gasteiger charge is 2.28. The minimum absolute atomic E-state index is 0.00824. The quantitative estimate of drug-likeness (QED) is 0.289. The molecular formula is C27H23NO8. The summed E-state index contributed by atoms with van der Waals surface area (Å²) in [4.78, 5) is 26.3. The van der Waals surface area contributed by atoms with Crippen LogP contribution in [0.25, 0.3) is 11.0 Å². The number of ether oxygens (including phenoxy) is 2. The van der Waals surface area contributed by atoms with Crippen LogP contribution in [0.2, 0.25) is 0 Å². The zero-order chi connectivity index (χ0) is 25.2. The van der Waals surface area contributed by atoms with E-state index in [0.29, 0.717) is 34.5 Å². The molecule has 9 nitrogen and oxygen atoms in total. The van der Waals surface area contributed by atoms with E-state index in [-0.39, 0.29) is 53.9 Å². The maximum absolute atomic E-state index is 13.4. The van der Waals surface area contributed by atoms with Crippen LogP contribution in [0.5, 0.6) is 28.7 Å². The Kier molecular flexibility index (Phi) is 6.12. The Hall–Kier alpha value is -4.66. The molecule has 0 radical (unpaired) electrons. The van der Waals surface area contributed by atoms with Gasteiger partial charge in [-0.2, -0.15) is 0 Å². The van der Waals surface area contributed by atoms with E-state index in [0.717, 1.165) is 5.56 Å². The van der Waals surface area contributed by atoms with Gasteiger partial charge in [-0.1, -0.05) is 18.2 Å². The van der Waals surface area contributed by atoms with Gasteiger partial charge in [0.25, 0.3) is 0 Å². The fourth-order valence-electron chi connectivity index (χ4n) is 4.28. The summed E-state index contributed by atoms with van der Waals surface area (Å²) in [6, 6.07) is 14.2. The summed E-state index contributed by atoms with van der Waals surface area (Å²) >= 11 is 0. The number of carbonyl (C=O) groups is 1. The Balaban J connectivity index is 1.43. The first-order chi connectivity index (χ1) is 17.4. The number of phenolic OH excluding ortho intramolecular Hbond substituents is 3. The topological polar surface area (TPSA) is 138 Å². The number of hydrogen-bond acceptors (Lipinski definition) is 8. The molecule has 0 bridgehead atoms. The third-order valence-electron chi connectivity index (χ3n) is 6.14. The van der Waals surface area contributed by atoms with Crippen molar-refractivity contribution < 1.29 is 34.0 Å². The lowest BCUT2D eigenvalue weighted by Crippen LogP contribution is -2.28. The van der Waals surface area contributed by atoms with Crippen LogP contribution >= 0.6 is 0 Å². The first-order valence-corrected chi connectivity index (χ1v) is 11.3. The van der Waals surface area contributed by atoms with Gasteiger partial charge >= 0.3 is 0 Å². The molecule has 0 spiro atoms. The highest BCUT2D eigenvalue weighted by molar-refractivity contribution is 5.80. The van der Waals surface area contributed by atoms with Crippen molar-refractivity contribution in [2.45, 2.75) is 18.8 Å². The Morgan fingerprint density at radius 3 is 2.50 bits per heavy atom. The minimum atomic E-state index is -0.821. The van der Waals surface area contributed by atoms with E-state index in [1.807, 2.05) is 0 Å². The smallest absolute Gasteiger partial charge is 0.231 e. The highest BCUT2D eigenvalue weighted by Crippen LogP contribution is 2.42. The zero-order valence-electron chi connectivity index (χ0n) is 19.1. The molecule has 0 fully saturated rings. The van der Waals surface area contributed by atoms with E-state index in [1.165, 1.54) is 24.5 Å². The molecule has 9 heteroatoms. The van der Waals surface area contributed by atoms with E-state index in [2.05, 4.69) is 5.32 Å². The molecule has 1 aliphatic rings. The van der Waals surface area contributed by atoms with Crippen molar-refractivity contribution in [3.63, 3.8) is 0 Å². The summed E-state index contributed by atoms with van der Waals surface area (Å²) in [6.45, 7) is 0.267. The standard InChI is InChI=1S/C27H23NO8/c29-20-6-5-15(9-22(20)31)7-8-28-26(32)11-17(18-10-24-25(12-21(18)30)36-14-35-24)19-13-34-23-4-2-1-3-16(23)27(19)33/h1-6,9-10,12-13,17,29-31H,7-8,11,14H2,(H,28,32)/t17-/m1/s1. The molecule has 0 aliphatic carbocycles. The summed E-state index contributed by atoms with van der Waals surface area (Å²) in [5.74, 6) is -0.980. The Labute approximate surface area is 205 Å². The molecule has 1 aromatic heterocycles. The molecule has 1 amide bonds. The molecule has 5 rings (SSSR count). The number of carbonyl (C=O) groups excluding carboxylic acids is 1. The molecule has 36 heavy (non-hydrogen) atoms. The van der Waals surface area contributed by atoms with Crippen molar-refractivity contribution in [2.75, 3.05) is 13.3 Å². The van der Waals surface area contributed by atoms with Crippen molar-refractivity contribution in [1.82, 2.24) is 5.32 Å². The van der Waals surface area contributed by atoms with Gasteiger partial charge in [-0.3, -0.25) is 9.59 Å². The van der Waals surface area contributed by atoms with Crippen LogP contribution in [0.3, 0.4) is 0 Å². The molecule has 4 aromatic rings. The number of para-hydroxylation sites is 1. The van der Waals surface area contributed by atoms with E-state index in [9.17, 15) is 24.9 Å². The lowest BCUT2D eigenvalue weighted by Gasteiger charge is -2.19. The highest BCUT2D eigenvalue weighted by atomic mass is 16.7. The maximum Gasteiger partial charge on any atom is 0.231 e. The number of fused-ring (bicyclic) bond motifs is 2. The van der Waals surface area contributed by atoms with Gasteiger partial charge < -0.3 is 34.5 Å². The molecule has 1 aliphatic heterocycles. The lowest BCUT2D eigenvalue weighted by atomic mass is 9.87. The summed E-state index contributed by atoms with van der Waals surface area (Å²) in [7, 11) is 0. The van der Waals surface area contributed by atoms with Crippen LogP contribution in [0.1, 0.15) is 29.0 Å². The van der Waals surface area contributed by atoms with Crippen LogP contribution in [-0.4, -0.2) is 34.6 Å². The molecule has 0 unspecified atom stereocenters. The summed E-state index contributed by atoms with van der Waals surface area (Å²) < 4.78 is 16.4. The average Bonchev–Trinajstić information content (AvgIpc) is 3.32. The average molecular weight is 489 g/mol. The van der Waals surface area contributed by atoms with E-state index < -0.39 is 5.92 Å². The largest absolute Gasteiger partial charge is 0.508 e. The fraction of sp³-hybridized carbons (Fsp3) is 0.185. The second-order valence-electron chi connectivity index (χ2n) is 8.46. The molecule has 184 valence electrons. The molecule has 4 N–H and O–H groups in total. The van der Waals surface area contributed by atoms with Crippen molar-refractivity contribution in [3.05, 3.63) is 87.8 Å². The van der Waals surface area contributed by atoms with E-state index >= 15 is 0 Å². The van der Waals surface area contributed by atoms with E-state index in [1.54, 1.807) is 36.4 Å². The van der Waals surface area contributed by atoms with Crippen molar-refractivity contribution in [1.29, 1.82) is 0 Å². The molecule has 1 atom stereocenters. The molecule has 0 saturated heterocycles. The fourth-order valence-corrected chi connectivity index (χ4v) is 4.28. The second-order valence-corrected chi connectivity index (χ2v) is 8.46. The third kappa shape index (κ3) is 4.50. The number of phenols is 3. The van der Waals surface area contributed by atoms with Gasteiger partial charge in [-0.25, -0.2) is 0 Å². The van der Waals surface area contributed by atoms with Gasteiger partial charge in [0.1, 0.15) is 11.3 Å². The number of aromatic hydroxyl groups is 3. The summed E-state index contributed by atoms with van der Waals surface area (Å²) in [6.07, 6.45) is 1.60. The second kappa shape index (κ2) is 9.53. The van der Waals surface area contributed by atoms with Gasteiger partial charge in [0.15, 0.2) is 28.4 Å². The molecule has 3 aromatic carbocycles. The SMILES string of the molecule is O=C(C[C@H](c1cc2c(cc1O)OCO2)c1coc2ccccc2c1=O)NCCc1ccc(O)c(O)c1. The van der Waals surface area contributed by atoms with Gasteiger partial charge in [0, 0.05) is 36.1 Å². The molecule has 2 heterocycles. The first-order valence-electron chi connectivity index (χ1n) is 11.3.